The van der Waals surface area contributed by atoms with Gasteiger partial charge in [-0.25, -0.2) is 0 Å². The predicted molar refractivity (Wildman–Crippen MR) is 88.9 cm³/mol. The van der Waals surface area contributed by atoms with E-state index in [0.29, 0.717) is 0 Å². The Balaban J connectivity index is 1.53. The molecule has 116 valence electrons. The lowest BCUT2D eigenvalue weighted by Gasteiger charge is -2.33. The van der Waals surface area contributed by atoms with Crippen molar-refractivity contribution in [1.82, 2.24) is 9.91 Å². The second kappa shape index (κ2) is 6.79. The molecule has 0 aliphatic carbocycles. The maximum absolute atomic E-state index is 5.62. The minimum Gasteiger partial charge on any atom is -0.460 e. The molecule has 1 aromatic carbocycles. The summed E-state index contributed by atoms with van der Waals surface area (Å²) < 4.78 is 5.62. The van der Waals surface area contributed by atoms with Gasteiger partial charge in [-0.05, 0) is 31.5 Å². The van der Waals surface area contributed by atoms with Crippen LogP contribution in [0.25, 0.3) is 0 Å². The highest BCUT2D eigenvalue weighted by Gasteiger charge is 2.16. The molecular weight excluding hydrogens is 274 g/mol. The monoisotopic (exact) mass is 297 g/mol. The average molecular weight is 297 g/mol. The second-order valence-corrected chi connectivity index (χ2v) is 5.81. The third-order valence-electron chi connectivity index (χ3n) is 3.99. The standard InChI is InChI=1S/C18H23N3O/c1-15-8-9-18(22-15)16(2)19-21-12-10-20(11-13-21)14-17-6-4-3-5-7-17/h3-9H,10-14H2,1-2H3/b19-16+. The predicted octanol–water partition coefficient (Wildman–Crippen LogP) is 3.13. The molecule has 2 aromatic rings. The van der Waals surface area contributed by atoms with Crippen LogP contribution in [0, 0.1) is 6.92 Å². The smallest absolute Gasteiger partial charge is 0.149 e. The Labute approximate surface area is 132 Å². The van der Waals surface area contributed by atoms with Crippen LogP contribution >= 0.6 is 0 Å². The molecule has 3 rings (SSSR count). The van der Waals surface area contributed by atoms with Crippen LogP contribution in [-0.4, -0.2) is 41.8 Å². The van der Waals surface area contributed by atoms with Gasteiger partial charge < -0.3 is 4.42 Å². The lowest BCUT2D eigenvalue weighted by molar-refractivity contribution is 0.130. The molecule has 4 heteroatoms. The van der Waals surface area contributed by atoms with Crippen molar-refractivity contribution in [2.45, 2.75) is 20.4 Å². The molecule has 0 amide bonds. The molecule has 0 atom stereocenters. The highest BCUT2D eigenvalue weighted by molar-refractivity contribution is 5.96. The van der Waals surface area contributed by atoms with E-state index in [9.17, 15) is 0 Å². The maximum Gasteiger partial charge on any atom is 0.149 e. The van der Waals surface area contributed by atoms with E-state index in [4.69, 9.17) is 9.52 Å². The van der Waals surface area contributed by atoms with E-state index < -0.39 is 0 Å². The first-order valence-corrected chi connectivity index (χ1v) is 7.84. The van der Waals surface area contributed by atoms with Gasteiger partial charge in [-0.2, -0.15) is 5.10 Å². The van der Waals surface area contributed by atoms with E-state index in [1.165, 1.54) is 5.56 Å². The van der Waals surface area contributed by atoms with E-state index in [1.807, 2.05) is 26.0 Å². The third-order valence-corrected chi connectivity index (χ3v) is 3.99. The van der Waals surface area contributed by atoms with E-state index in [2.05, 4.69) is 40.2 Å². The van der Waals surface area contributed by atoms with Crippen molar-refractivity contribution in [2.24, 2.45) is 5.10 Å². The van der Waals surface area contributed by atoms with Crippen LogP contribution in [0.5, 0.6) is 0 Å². The van der Waals surface area contributed by atoms with E-state index in [0.717, 1.165) is 50.0 Å². The molecule has 0 unspecified atom stereocenters. The molecule has 0 bridgehead atoms. The zero-order valence-corrected chi connectivity index (χ0v) is 13.3. The Morgan fingerprint density at radius 2 is 1.77 bits per heavy atom. The molecule has 0 spiro atoms. The largest absolute Gasteiger partial charge is 0.460 e. The number of hydrazone groups is 1. The fourth-order valence-electron chi connectivity index (χ4n) is 2.73. The van der Waals surface area contributed by atoms with Crippen molar-refractivity contribution in [2.75, 3.05) is 26.2 Å². The summed E-state index contributed by atoms with van der Waals surface area (Å²) in [5.74, 6) is 1.79. The van der Waals surface area contributed by atoms with Gasteiger partial charge >= 0.3 is 0 Å². The quantitative estimate of drug-likeness (QED) is 0.813. The Bertz CT molecular complexity index is 625. The minimum atomic E-state index is 0.865. The summed E-state index contributed by atoms with van der Waals surface area (Å²) in [6, 6.07) is 14.6. The minimum absolute atomic E-state index is 0.865. The van der Waals surface area contributed by atoms with Gasteiger partial charge in [0.2, 0.25) is 0 Å². The first-order valence-electron chi connectivity index (χ1n) is 7.84. The highest BCUT2D eigenvalue weighted by atomic mass is 16.3. The second-order valence-electron chi connectivity index (χ2n) is 5.81. The number of rotatable bonds is 4. The van der Waals surface area contributed by atoms with Crippen molar-refractivity contribution in [3.8, 4) is 0 Å². The molecule has 4 nitrogen and oxygen atoms in total. The van der Waals surface area contributed by atoms with Crippen LogP contribution < -0.4 is 0 Å². The van der Waals surface area contributed by atoms with E-state index in [-0.39, 0.29) is 0 Å². The van der Waals surface area contributed by atoms with Crippen molar-refractivity contribution in [1.29, 1.82) is 0 Å². The maximum atomic E-state index is 5.62. The van der Waals surface area contributed by atoms with Crippen LogP contribution in [0.1, 0.15) is 24.0 Å². The lowest BCUT2D eigenvalue weighted by atomic mass is 10.2. The van der Waals surface area contributed by atoms with Gasteiger partial charge in [0.15, 0.2) is 0 Å². The third kappa shape index (κ3) is 3.77. The zero-order chi connectivity index (χ0) is 15.4. The number of aryl methyl sites for hydroxylation is 1. The van der Waals surface area contributed by atoms with Gasteiger partial charge in [-0.15, -0.1) is 0 Å². The summed E-state index contributed by atoms with van der Waals surface area (Å²) in [4.78, 5) is 2.48. The van der Waals surface area contributed by atoms with Crippen LogP contribution in [0.4, 0.5) is 0 Å². The van der Waals surface area contributed by atoms with Crippen molar-refractivity contribution < 1.29 is 4.42 Å². The molecule has 0 N–H and O–H groups in total. The van der Waals surface area contributed by atoms with Crippen LogP contribution in [-0.2, 0) is 6.54 Å². The van der Waals surface area contributed by atoms with E-state index >= 15 is 0 Å². The summed E-state index contributed by atoms with van der Waals surface area (Å²) in [5, 5.41) is 6.84. The molecule has 0 saturated carbocycles. The zero-order valence-electron chi connectivity index (χ0n) is 13.3. The molecule has 2 heterocycles. The van der Waals surface area contributed by atoms with Gasteiger partial charge in [0.05, 0.1) is 5.71 Å². The van der Waals surface area contributed by atoms with Crippen LogP contribution in [0.15, 0.2) is 52.0 Å². The van der Waals surface area contributed by atoms with Gasteiger partial charge in [0, 0.05) is 32.7 Å². The van der Waals surface area contributed by atoms with Gasteiger partial charge in [0.1, 0.15) is 11.5 Å². The van der Waals surface area contributed by atoms with Crippen molar-refractivity contribution in [3.63, 3.8) is 0 Å². The number of piperazine rings is 1. The summed E-state index contributed by atoms with van der Waals surface area (Å²) in [5.41, 5.74) is 2.33. The lowest BCUT2D eigenvalue weighted by Crippen LogP contribution is -2.43. The molecule has 1 saturated heterocycles. The highest BCUT2D eigenvalue weighted by Crippen LogP contribution is 2.11. The topological polar surface area (TPSA) is 32.0 Å². The number of benzene rings is 1. The molecule has 1 aromatic heterocycles. The Morgan fingerprint density at radius 3 is 2.41 bits per heavy atom. The molecule has 1 aliphatic rings. The van der Waals surface area contributed by atoms with Gasteiger partial charge in [-0.3, -0.25) is 9.91 Å². The van der Waals surface area contributed by atoms with E-state index in [1.54, 1.807) is 0 Å². The number of furan rings is 1. The Hall–Kier alpha value is -2.07. The first kappa shape index (κ1) is 14.9. The summed E-state index contributed by atoms with van der Waals surface area (Å²) in [6.45, 7) is 9.00. The molecule has 1 fully saturated rings. The van der Waals surface area contributed by atoms with Crippen LogP contribution in [0.2, 0.25) is 0 Å². The summed E-state index contributed by atoms with van der Waals surface area (Å²) in [7, 11) is 0. The number of hydrogen-bond acceptors (Lipinski definition) is 4. The number of nitrogens with zero attached hydrogens (tertiary/aromatic N) is 3. The fourth-order valence-corrected chi connectivity index (χ4v) is 2.73. The van der Waals surface area contributed by atoms with Gasteiger partial charge in [-0.1, -0.05) is 30.3 Å². The van der Waals surface area contributed by atoms with Gasteiger partial charge in [0.25, 0.3) is 0 Å². The fraction of sp³-hybridized carbons (Fsp3) is 0.389. The molecule has 22 heavy (non-hydrogen) atoms. The Kier molecular flexibility index (Phi) is 4.59. The molecule has 1 aliphatic heterocycles. The molecule has 0 radical (unpaired) electrons. The normalized spacial score (nSPS) is 17.0. The first-order chi connectivity index (χ1) is 10.7. The molecular formula is C18H23N3O. The summed E-state index contributed by atoms with van der Waals surface area (Å²) in [6.07, 6.45) is 0. The summed E-state index contributed by atoms with van der Waals surface area (Å²) >= 11 is 0. The SMILES string of the molecule is C/C(=N\N1CCN(Cc2ccccc2)CC1)c1ccc(C)o1. The number of hydrogen-bond donors (Lipinski definition) is 0. The van der Waals surface area contributed by atoms with Crippen LogP contribution in [0.3, 0.4) is 0 Å². The van der Waals surface area contributed by atoms with Crippen molar-refractivity contribution >= 4 is 5.71 Å². The average Bonchev–Trinajstić information content (AvgIpc) is 2.97. The van der Waals surface area contributed by atoms with Crippen molar-refractivity contribution in [3.05, 3.63) is 59.5 Å². The Morgan fingerprint density at radius 1 is 1.05 bits per heavy atom.